The summed E-state index contributed by atoms with van der Waals surface area (Å²) in [5.41, 5.74) is 5.42. The van der Waals surface area contributed by atoms with Crippen LogP contribution in [0.5, 0.6) is 5.75 Å². The van der Waals surface area contributed by atoms with Crippen molar-refractivity contribution in [3.8, 4) is 5.75 Å². The highest BCUT2D eigenvalue weighted by Crippen LogP contribution is 2.27. The molecule has 0 unspecified atom stereocenters. The Hall–Kier alpha value is -2.60. The Morgan fingerprint density at radius 1 is 1.29 bits per heavy atom. The predicted octanol–water partition coefficient (Wildman–Crippen LogP) is 1.83. The van der Waals surface area contributed by atoms with Crippen molar-refractivity contribution in [3.05, 3.63) is 47.7 Å². The van der Waals surface area contributed by atoms with Gasteiger partial charge in [-0.2, -0.15) is 0 Å². The number of benzene rings is 1. The summed E-state index contributed by atoms with van der Waals surface area (Å²) in [4.78, 5) is 15.4. The zero-order valence-corrected chi connectivity index (χ0v) is 11.4. The second-order valence-electron chi connectivity index (χ2n) is 4.85. The minimum absolute atomic E-state index is 0.0656. The predicted molar refractivity (Wildman–Crippen MR) is 79.8 cm³/mol. The largest absolute Gasteiger partial charge is 0.489 e. The minimum Gasteiger partial charge on any atom is -0.489 e. The lowest BCUT2D eigenvalue weighted by Gasteiger charge is -2.17. The molecule has 1 aromatic carbocycles. The number of nitrogens with zero attached hydrogens (tertiary/aromatic N) is 1. The third-order valence-electron chi connectivity index (χ3n) is 3.35. The van der Waals surface area contributed by atoms with Gasteiger partial charge in [-0.15, -0.1) is 0 Å². The number of hydrogen-bond donors (Lipinski definition) is 3. The number of ether oxygens (including phenoxy) is 1. The minimum atomic E-state index is 0.0656. The lowest BCUT2D eigenvalue weighted by molar-refractivity contribution is -0.116. The maximum atomic E-state index is 11.3. The van der Waals surface area contributed by atoms with E-state index in [2.05, 4.69) is 15.7 Å². The Balaban J connectivity index is 1.66. The molecule has 1 aliphatic rings. The molecule has 108 valence electrons. The van der Waals surface area contributed by atoms with Crippen LogP contribution >= 0.6 is 0 Å². The van der Waals surface area contributed by atoms with E-state index in [1.54, 1.807) is 12.3 Å². The molecule has 2 aromatic rings. The Morgan fingerprint density at radius 2 is 2.19 bits per heavy atom. The summed E-state index contributed by atoms with van der Waals surface area (Å²) in [6, 6.07) is 9.40. The zero-order valence-electron chi connectivity index (χ0n) is 11.4. The van der Waals surface area contributed by atoms with E-state index >= 15 is 0 Å². The number of aryl methyl sites for hydroxylation is 1. The molecule has 0 bridgehead atoms. The van der Waals surface area contributed by atoms with E-state index in [9.17, 15) is 4.79 Å². The number of aromatic nitrogens is 1. The monoisotopic (exact) mass is 284 g/mol. The summed E-state index contributed by atoms with van der Waals surface area (Å²) >= 11 is 0. The van der Waals surface area contributed by atoms with Crippen LogP contribution in [-0.4, -0.2) is 10.9 Å². The molecule has 1 aliphatic heterocycles. The molecule has 0 saturated carbocycles. The Bertz CT molecular complexity index is 655. The van der Waals surface area contributed by atoms with Crippen molar-refractivity contribution in [1.82, 2.24) is 4.98 Å². The normalized spacial score (nSPS) is 13.3. The van der Waals surface area contributed by atoms with E-state index in [1.165, 1.54) is 0 Å². The number of carbonyl (C=O) groups excluding carboxylic acids is 1. The molecule has 6 heteroatoms. The lowest BCUT2D eigenvalue weighted by atomic mass is 10.0. The van der Waals surface area contributed by atoms with Crippen molar-refractivity contribution in [1.29, 1.82) is 0 Å². The van der Waals surface area contributed by atoms with Crippen LogP contribution < -0.4 is 21.3 Å². The average molecular weight is 284 g/mol. The van der Waals surface area contributed by atoms with Gasteiger partial charge in [-0.25, -0.2) is 10.8 Å². The molecule has 1 amide bonds. The molecule has 3 rings (SSSR count). The first kappa shape index (κ1) is 13.4. The van der Waals surface area contributed by atoms with E-state index in [0.29, 0.717) is 18.8 Å². The van der Waals surface area contributed by atoms with E-state index in [-0.39, 0.29) is 5.91 Å². The summed E-state index contributed by atoms with van der Waals surface area (Å²) in [6.45, 7) is 0.434. The SMILES string of the molecule is NNc1ccc(COc2ccc3c(c2)CCC(=O)N3)cn1. The summed E-state index contributed by atoms with van der Waals surface area (Å²) in [5, 5.41) is 2.85. The van der Waals surface area contributed by atoms with Gasteiger partial charge in [-0.1, -0.05) is 6.07 Å². The molecule has 0 fully saturated rings. The summed E-state index contributed by atoms with van der Waals surface area (Å²) in [7, 11) is 0. The fraction of sp³-hybridized carbons (Fsp3) is 0.200. The summed E-state index contributed by atoms with van der Waals surface area (Å²) < 4.78 is 5.75. The van der Waals surface area contributed by atoms with Crippen LogP contribution in [0.3, 0.4) is 0 Å². The molecule has 0 atom stereocenters. The first-order chi connectivity index (χ1) is 10.2. The number of anilines is 2. The van der Waals surface area contributed by atoms with Gasteiger partial charge in [0.1, 0.15) is 18.2 Å². The molecule has 0 saturated heterocycles. The smallest absolute Gasteiger partial charge is 0.224 e. The van der Waals surface area contributed by atoms with Gasteiger partial charge in [0, 0.05) is 23.9 Å². The van der Waals surface area contributed by atoms with Crippen molar-refractivity contribution in [2.24, 2.45) is 5.84 Å². The molecule has 6 nitrogen and oxygen atoms in total. The number of nitrogens with two attached hydrogens (primary N) is 1. The third-order valence-corrected chi connectivity index (χ3v) is 3.35. The fourth-order valence-corrected chi connectivity index (χ4v) is 2.21. The van der Waals surface area contributed by atoms with E-state index in [4.69, 9.17) is 10.6 Å². The lowest BCUT2D eigenvalue weighted by Crippen LogP contribution is -2.18. The molecule has 0 spiro atoms. The van der Waals surface area contributed by atoms with Gasteiger partial charge in [0.05, 0.1) is 0 Å². The van der Waals surface area contributed by atoms with E-state index < -0.39 is 0 Å². The van der Waals surface area contributed by atoms with Crippen LogP contribution in [0.2, 0.25) is 0 Å². The summed E-state index contributed by atoms with van der Waals surface area (Å²) in [6.07, 6.45) is 2.98. The fourth-order valence-electron chi connectivity index (χ4n) is 2.21. The van der Waals surface area contributed by atoms with Crippen LogP contribution in [0, 0.1) is 0 Å². The quantitative estimate of drug-likeness (QED) is 0.589. The molecule has 1 aromatic heterocycles. The maximum absolute atomic E-state index is 11.3. The number of carbonyl (C=O) groups is 1. The van der Waals surface area contributed by atoms with Gasteiger partial charge in [-0.05, 0) is 36.2 Å². The van der Waals surface area contributed by atoms with Gasteiger partial charge in [0.2, 0.25) is 5.91 Å². The van der Waals surface area contributed by atoms with Crippen LogP contribution in [0.4, 0.5) is 11.5 Å². The number of nitrogens with one attached hydrogen (secondary N) is 2. The maximum Gasteiger partial charge on any atom is 0.224 e. The first-order valence-electron chi connectivity index (χ1n) is 6.72. The number of amides is 1. The molecular formula is C15H16N4O2. The topological polar surface area (TPSA) is 89.3 Å². The van der Waals surface area contributed by atoms with E-state index in [1.807, 2.05) is 24.3 Å². The van der Waals surface area contributed by atoms with Crippen LogP contribution in [0.15, 0.2) is 36.5 Å². The average Bonchev–Trinajstić information content (AvgIpc) is 2.53. The number of pyridine rings is 1. The molecule has 2 heterocycles. The van der Waals surface area contributed by atoms with Gasteiger partial charge in [-0.3, -0.25) is 4.79 Å². The number of nitrogen functional groups attached to an aromatic ring is 1. The van der Waals surface area contributed by atoms with E-state index in [0.717, 1.165) is 29.0 Å². The van der Waals surface area contributed by atoms with Crippen molar-refractivity contribution in [2.75, 3.05) is 10.7 Å². The number of hydrogen-bond acceptors (Lipinski definition) is 5. The highest BCUT2D eigenvalue weighted by molar-refractivity contribution is 5.93. The molecule has 4 N–H and O–H groups in total. The standard InChI is InChI=1S/C15H16N4O2/c16-19-14-5-1-10(8-17-14)9-21-12-3-4-13-11(7-12)2-6-15(20)18-13/h1,3-5,7-8H,2,6,9,16H2,(H,17,19)(H,18,20). The Kier molecular flexibility index (Phi) is 3.70. The van der Waals surface area contributed by atoms with Crippen molar-refractivity contribution >= 4 is 17.4 Å². The summed E-state index contributed by atoms with van der Waals surface area (Å²) in [5.74, 6) is 6.73. The van der Waals surface area contributed by atoms with Gasteiger partial charge < -0.3 is 15.5 Å². The Morgan fingerprint density at radius 3 is 2.95 bits per heavy atom. The second kappa shape index (κ2) is 5.80. The van der Waals surface area contributed by atoms with Crippen LogP contribution in [0.25, 0.3) is 0 Å². The number of hydrazine groups is 1. The van der Waals surface area contributed by atoms with Gasteiger partial charge in [0.15, 0.2) is 0 Å². The van der Waals surface area contributed by atoms with Crippen LogP contribution in [-0.2, 0) is 17.8 Å². The number of rotatable bonds is 4. The molecular weight excluding hydrogens is 268 g/mol. The van der Waals surface area contributed by atoms with Crippen LogP contribution in [0.1, 0.15) is 17.5 Å². The molecule has 0 radical (unpaired) electrons. The molecule has 0 aliphatic carbocycles. The number of fused-ring (bicyclic) bond motifs is 1. The van der Waals surface area contributed by atoms with Crippen molar-refractivity contribution < 1.29 is 9.53 Å². The zero-order chi connectivity index (χ0) is 14.7. The van der Waals surface area contributed by atoms with Crippen molar-refractivity contribution in [3.63, 3.8) is 0 Å². The highest BCUT2D eigenvalue weighted by atomic mass is 16.5. The Labute approximate surface area is 122 Å². The first-order valence-corrected chi connectivity index (χ1v) is 6.72. The van der Waals surface area contributed by atoms with Crippen molar-refractivity contribution in [2.45, 2.75) is 19.4 Å². The third kappa shape index (κ3) is 3.11. The van der Waals surface area contributed by atoms with Gasteiger partial charge in [0.25, 0.3) is 0 Å². The molecule has 21 heavy (non-hydrogen) atoms. The van der Waals surface area contributed by atoms with Gasteiger partial charge >= 0.3 is 0 Å². The highest BCUT2D eigenvalue weighted by Gasteiger charge is 2.14. The second-order valence-corrected chi connectivity index (χ2v) is 4.85.